The van der Waals surface area contributed by atoms with Crippen molar-refractivity contribution in [2.75, 3.05) is 19.0 Å². The number of aryl methyl sites for hydroxylation is 2. The first-order chi connectivity index (χ1) is 13.3. The van der Waals surface area contributed by atoms with Gasteiger partial charge < -0.3 is 14.6 Å². The van der Waals surface area contributed by atoms with Crippen LogP contribution in [0.15, 0.2) is 41.4 Å². The summed E-state index contributed by atoms with van der Waals surface area (Å²) < 4.78 is 33.5. The van der Waals surface area contributed by atoms with Crippen LogP contribution in [-0.2, 0) is 26.6 Å². The number of amides is 1. The van der Waals surface area contributed by atoms with Crippen LogP contribution in [0, 0.1) is 6.92 Å². The Morgan fingerprint density at radius 1 is 1.25 bits per heavy atom. The van der Waals surface area contributed by atoms with Crippen molar-refractivity contribution in [3.8, 4) is 0 Å². The Hall–Kier alpha value is -2.65. The molecule has 3 rings (SSSR count). The molecule has 1 aliphatic rings. The highest BCUT2D eigenvalue weighted by Gasteiger charge is 2.40. The molecule has 1 aromatic heterocycles. The molecule has 0 spiro atoms. The first-order valence-corrected chi connectivity index (χ1v) is 10.3. The molecule has 0 aliphatic carbocycles. The van der Waals surface area contributed by atoms with Gasteiger partial charge in [-0.2, -0.15) is 4.31 Å². The monoisotopic (exact) mass is 405 g/mol. The lowest BCUT2D eigenvalue weighted by atomic mass is 10.1. The van der Waals surface area contributed by atoms with E-state index in [4.69, 9.17) is 0 Å². The molecule has 1 fully saturated rings. The van der Waals surface area contributed by atoms with Crippen molar-refractivity contribution in [2.24, 2.45) is 7.05 Å². The van der Waals surface area contributed by atoms with Crippen LogP contribution in [0.3, 0.4) is 0 Å². The van der Waals surface area contributed by atoms with Gasteiger partial charge in [-0.05, 0) is 37.5 Å². The molecule has 1 N–H and O–H groups in total. The smallest absolute Gasteiger partial charge is 0.354 e. The van der Waals surface area contributed by atoms with Gasteiger partial charge in [-0.3, -0.25) is 4.79 Å². The van der Waals surface area contributed by atoms with Gasteiger partial charge in [0.25, 0.3) is 0 Å². The van der Waals surface area contributed by atoms with Crippen LogP contribution >= 0.6 is 0 Å². The summed E-state index contributed by atoms with van der Waals surface area (Å²) >= 11 is 0. The van der Waals surface area contributed by atoms with Crippen molar-refractivity contribution < 1.29 is 22.7 Å². The molecular formula is C19H23N3O5S. The van der Waals surface area contributed by atoms with E-state index in [0.29, 0.717) is 18.5 Å². The van der Waals surface area contributed by atoms with E-state index < -0.39 is 22.0 Å². The number of carbonyl (C=O) groups excluding carboxylic acids is 2. The second-order valence-electron chi connectivity index (χ2n) is 6.74. The Morgan fingerprint density at radius 2 is 1.96 bits per heavy atom. The average molecular weight is 405 g/mol. The van der Waals surface area contributed by atoms with Crippen LogP contribution in [-0.4, -0.2) is 48.9 Å². The largest absolute Gasteiger partial charge is 0.464 e. The maximum absolute atomic E-state index is 13.1. The number of sulfonamides is 1. The molecule has 0 bridgehead atoms. The number of para-hydroxylation sites is 1. The minimum absolute atomic E-state index is 0.0361. The molecule has 1 aromatic carbocycles. The van der Waals surface area contributed by atoms with Crippen molar-refractivity contribution >= 4 is 27.6 Å². The van der Waals surface area contributed by atoms with Crippen LogP contribution in [0.2, 0.25) is 0 Å². The molecule has 8 nitrogen and oxygen atoms in total. The summed E-state index contributed by atoms with van der Waals surface area (Å²) in [6.45, 7) is 2.12. The summed E-state index contributed by atoms with van der Waals surface area (Å²) in [7, 11) is -1.14. The highest BCUT2D eigenvalue weighted by molar-refractivity contribution is 7.89. The first-order valence-electron chi connectivity index (χ1n) is 8.88. The zero-order chi connectivity index (χ0) is 20.5. The van der Waals surface area contributed by atoms with Crippen molar-refractivity contribution in [3.63, 3.8) is 0 Å². The fourth-order valence-corrected chi connectivity index (χ4v) is 5.07. The number of hydrogen-bond donors (Lipinski definition) is 1. The normalized spacial score (nSPS) is 17.5. The van der Waals surface area contributed by atoms with Gasteiger partial charge in [0.1, 0.15) is 16.6 Å². The quantitative estimate of drug-likeness (QED) is 0.767. The number of methoxy groups -OCH3 is 1. The lowest BCUT2D eigenvalue weighted by Crippen LogP contribution is -2.43. The van der Waals surface area contributed by atoms with Crippen molar-refractivity contribution in [1.82, 2.24) is 8.87 Å². The summed E-state index contributed by atoms with van der Waals surface area (Å²) in [5, 5.41) is 2.83. The third-order valence-electron chi connectivity index (χ3n) is 4.89. The van der Waals surface area contributed by atoms with E-state index in [0.717, 1.165) is 5.56 Å². The molecule has 1 atom stereocenters. The Labute approximate surface area is 164 Å². The predicted octanol–water partition coefficient (Wildman–Crippen LogP) is 1.91. The Morgan fingerprint density at radius 3 is 2.64 bits per heavy atom. The highest BCUT2D eigenvalue weighted by atomic mass is 32.2. The topological polar surface area (TPSA) is 97.7 Å². The second kappa shape index (κ2) is 7.76. The van der Waals surface area contributed by atoms with Gasteiger partial charge in [-0.25, -0.2) is 13.2 Å². The van der Waals surface area contributed by atoms with E-state index >= 15 is 0 Å². The lowest BCUT2D eigenvalue weighted by molar-refractivity contribution is -0.119. The molecule has 1 amide bonds. The van der Waals surface area contributed by atoms with Crippen LogP contribution in [0.5, 0.6) is 0 Å². The number of esters is 1. The SMILES string of the molecule is COC(=O)c1cc(S(=O)(=O)N2CCCC2C(=O)Nc2ccccc2C)cn1C. The minimum atomic E-state index is -3.93. The van der Waals surface area contributed by atoms with Crippen molar-refractivity contribution in [1.29, 1.82) is 0 Å². The van der Waals surface area contributed by atoms with Gasteiger partial charge in [0.2, 0.25) is 15.9 Å². The third-order valence-corrected chi connectivity index (χ3v) is 6.76. The number of aromatic nitrogens is 1. The number of hydrogen-bond acceptors (Lipinski definition) is 5. The molecule has 2 aromatic rings. The van der Waals surface area contributed by atoms with E-state index in [9.17, 15) is 18.0 Å². The molecule has 9 heteroatoms. The summed E-state index contributed by atoms with van der Waals surface area (Å²) in [6, 6.07) is 7.80. The molecule has 1 saturated heterocycles. The van der Waals surface area contributed by atoms with Crippen LogP contribution in [0.1, 0.15) is 28.9 Å². The number of nitrogens with one attached hydrogen (secondary N) is 1. The van der Waals surface area contributed by atoms with Crippen LogP contribution < -0.4 is 5.32 Å². The van der Waals surface area contributed by atoms with Gasteiger partial charge in [0.15, 0.2) is 0 Å². The summed E-state index contributed by atoms with van der Waals surface area (Å²) in [5.74, 6) is -0.987. The maximum Gasteiger partial charge on any atom is 0.354 e. The molecule has 1 unspecified atom stereocenters. The molecule has 1 aliphatic heterocycles. The molecular weight excluding hydrogens is 382 g/mol. The Kier molecular flexibility index (Phi) is 5.57. The summed E-state index contributed by atoms with van der Waals surface area (Å²) in [4.78, 5) is 24.5. The first kappa shape index (κ1) is 20.1. The molecule has 0 radical (unpaired) electrons. The van der Waals surface area contributed by atoms with Gasteiger partial charge in [-0.1, -0.05) is 18.2 Å². The molecule has 0 saturated carbocycles. The number of rotatable bonds is 5. The number of nitrogens with zero attached hydrogens (tertiary/aromatic N) is 2. The average Bonchev–Trinajstić information content (AvgIpc) is 3.30. The van der Waals surface area contributed by atoms with Crippen molar-refractivity contribution in [2.45, 2.75) is 30.7 Å². The fourth-order valence-electron chi connectivity index (χ4n) is 3.34. The predicted molar refractivity (Wildman–Crippen MR) is 103 cm³/mol. The number of ether oxygens (including phenoxy) is 1. The summed E-state index contributed by atoms with van der Waals surface area (Å²) in [5.41, 5.74) is 1.68. The van der Waals surface area contributed by atoms with Crippen LogP contribution in [0.4, 0.5) is 5.69 Å². The third kappa shape index (κ3) is 3.67. The van der Waals surface area contributed by atoms with E-state index in [-0.39, 0.29) is 23.0 Å². The molecule has 150 valence electrons. The number of anilines is 1. The maximum atomic E-state index is 13.1. The van der Waals surface area contributed by atoms with Crippen molar-refractivity contribution in [3.05, 3.63) is 47.8 Å². The molecule has 2 heterocycles. The second-order valence-corrected chi connectivity index (χ2v) is 8.63. The van der Waals surface area contributed by atoms with Gasteiger partial charge in [-0.15, -0.1) is 0 Å². The standard InChI is InChI=1S/C19H23N3O5S/c1-13-7-4-5-8-15(13)20-18(23)16-9-6-10-22(16)28(25,26)14-11-17(19(24)27-3)21(2)12-14/h4-5,7-8,11-12,16H,6,9-10H2,1-3H3,(H,20,23). The Bertz CT molecular complexity index is 1010. The van der Waals surface area contributed by atoms with E-state index in [2.05, 4.69) is 10.1 Å². The fraction of sp³-hybridized carbons (Fsp3) is 0.368. The van der Waals surface area contributed by atoms with E-state index in [1.54, 1.807) is 13.1 Å². The minimum Gasteiger partial charge on any atom is -0.464 e. The summed E-state index contributed by atoms with van der Waals surface area (Å²) in [6.07, 6.45) is 2.38. The number of benzene rings is 1. The highest BCUT2D eigenvalue weighted by Crippen LogP contribution is 2.28. The number of carbonyl (C=O) groups is 2. The van der Waals surface area contributed by atoms with Crippen LogP contribution in [0.25, 0.3) is 0 Å². The van der Waals surface area contributed by atoms with Gasteiger partial charge in [0, 0.05) is 25.5 Å². The van der Waals surface area contributed by atoms with Gasteiger partial charge >= 0.3 is 5.97 Å². The molecule has 28 heavy (non-hydrogen) atoms. The van der Waals surface area contributed by atoms with E-state index in [1.807, 2.05) is 25.1 Å². The lowest BCUT2D eigenvalue weighted by Gasteiger charge is -2.23. The zero-order valence-electron chi connectivity index (χ0n) is 16.0. The van der Waals surface area contributed by atoms with Gasteiger partial charge in [0.05, 0.1) is 7.11 Å². The Balaban J connectivity index is 1.86. The van der Waals surface area contributed by atoms with E-state index in [1.165, 1.54) is 28.2 Å². The zero-order valence-corrected chi connectivity index (χ0v) is 16.8.